The van der Waals surface area contributed by atoms with Crippen molar-refractivity contribution in [2.75, 3.05) is 24.1 Å². The molecule has 5 aromatic heterocycles. The largest absolute Gasteiger partial charge is 0.339 e. The molecule has 1 amide bonds. The number of carbonyl (C=O) groups is 1. The van der Waals surface area contributed by atoms with Gasteiger partial charge >= 0.3 is 0 Å². The molecule has 36 heavy (non-hydrogen) atoms. The summed E-state index contributed by atoms with van der Waals surface area (Å²) in [5.74, 6) is 0.402. The Hall–Kier alpha value is -4.39. The van der Waals surface area contributed by atoms with Crippen molar-refractivity contribution in [1.29, 1.82) is 0 Å². The first kappa shape index (κ1) is 22.1. The zero-order chi connectivity index (χ0) is 24.9. The fourth-order valence-electron chi connectivity index (χ4n) is 4.40. The number of rotatable bonds is 5. The number of carbonyl (C=O) groups excluding carboxylic acids is 1. The molecule has 0 aromatic carbocycles. The van der Waals surface area contributed by atoms with Gasteiger partial charge in [0.15, 0.2) is 17.1 Å². The molecule has 1 fully saturated rings. The van der Waals surface area contributed by atoms with Crippen molar-refractivity contribution < 1.29 is 13.2 Å². The maximum atomic E-state index is 13.0. The van der Waals surface area contributed by atoms with Crippen molar-refractivity contribution in [1.82, 2.24) is 40.0 Å². The number of nitrogens with one attached hydrogen (secondary N) is 3. The van der Waals surface area contributed by atoms with E-state index in [1.807, 2.05) is 11.0 Å². The van der Waals surface area contributed by atoms with Crippen LogP contribution < -0.4 is 4.72 Å². The lowest BCUT2D eigenvalue weighted by Gasteiger charge is -2.14. The topological polar surface area (TPSA) is 163 Å². The van der Waals surface area contributed by atoms with Crippen molar-refractivity contribution >= 4 is 43.8 Å². The zero-order valence-electron chi connectivity index (χ0n) is 19.2. The highest BCUT2D eigenvalue weighted by Gasteiger charge is 2.24. The van der Waals surface area contributed by atoms with E-state index in [-0.39, 0.29) is 5.91 Å². The van der Waals surface area contributed by atoms with Gasteiger partial charge in [-0.3, -0.25) is 19.6 Å². The van der Waals surface area contributed by atoms with Gasteiger partial charge in [-0.1, -0.05) is 0 Å². The van der Waals surface area contributed by atoms with Crippen molar-refractivity contribution in [2.45, 2.75) is 12.8 Å². The maximum absolute atomic E-state index is 13.0. The fraction of sp³-hybridized carbons (Fsp3) is 0.217. The Balaban J connectivity index is 1.41. The Morgan fingerprint density at radius 2 is 1.86 bits per heavy atom. The average molecular weight is 504 g/mol. The number of H-pyrrole nitrogens is 2. The first-order chi connectivity index (χ1) is 17.4. The second kappa shape index (κ2) is 8.37. The molecule has 6 rings (SSSR count). The highest BCUT2D eigenvalue weighted by atomic mass is 32.2. The molecule has 5 aromatic rings. The lowest BCUT2D eigenvalue weighted by Crippen LogP contribution is -2.27. The molecule has 182 valence electrons. The van der Waals surface area contributed by atoms with E-state index in [0.717, 1.165) is 32.2 Å². The summed E-state index contributed by atoms with van der Waals surface area (Å²) in [6, 6.07) is 5.25. The standard InChI is InChI=1S/C23H21N9O3S/c1-36(34,35)31-15-8-13(10-24-12-15)14-9-17-19(29-30-20(17)26-11-14)22-27-18-16(4-5-25-21(18)28-22)23(33)32-6-2-3-7-32/h4-5,8-12,31H,2-3,6-7H2,1H3,(H,25,27,28)(H,26,29,30). The van der Waals surface area contributed by atoms with Gasteiger partial charge in [-0.2, -0.15) is 5.10 Å². The van der Waals surface area contributed by atoms with Crippen LogP contribution >= 0.6 is 0 Å². The summed E-state index contributed by atoms with van der Waals surface area (Å²) in [5, 5.41) is 8.01. The number of pyridine rings is 3. The number of hydrogen-bond acceptors (Lipinski definition) is 8. The number of hydrogen-bond donors (Lipinski definition) is 3. The molecule has 0 atom stereocenters. The number of aromatic amines is 2. The van der Waals surface area contributed by atoms with E-state index in [2.05, 4.69) is 39.8 Å². The molecule has 6 heterocycles. The Morgan fingerprint density at radius 3 is 2.67 bits per heavy atom. The monoisotopic (exact) mass is 503 g/mol. The summed E-state index contributed by atoms with van der Waals surface area (Å²) >= 11 is 0. The molecule has 1 aliphatic heterocycles. The van der Waals surface area contributed by atoms with Crippen LogP contribution in [-0.2, 0) is 10.0 Å². The second-order valence-corrected chi connectivity index (χ2v) is 10.4. The van der Waals surface area contributed by atoms with E-state index in [4.69, 9.17) is 0 Å². The molecule has 1 aliphatic rings. The Kier molecular flexibility index (Phi) is 5.14. The van der Waals surface area contributed by atoms with Gasteiger partial charge in [-0.15, -0.1) is 0 Å². The van der Waals surface area contributed by atoms with E-state index < -0.39 is 10.0 Å². The summed E-state index contributed by atoms with van der Waals surface area (Å²) in [7, 11) is -3.44. The third kappa shape index (κ3) is 4.02. The molecule has 0 bridgehead atoms. The molecule has 3 N–H and O–H groups in total. The molecular formula is C23H21N9O3S. The highest BCUT2D eigenvalue weighted by molar-refractivity contribution is 7.92. The number of amides is 1. The maximum Gasteiger partial charge on any atom is 0.256 e. The molecule has 0 unspecified atom stereocenters. The van der Waals surface area contributed by atoms with Crippen LogP contribution in [0.15, 0.2) is 43.0 Å². The van der Waals surface area contributed by atoms with E-state index in [1.165, 1.54) is 6.20 Å². The van der Waals surface area contributed by atoms with Crippen LogP contribution in [0.5, 0.6) is 0 Å². The van der Waals surface area contributed by atoms with Gasteiger partial charge in [0.1, 0.15) is 11.2 Å². The van der Waals surface area contributed by atoms with Crippen molar-refractivity contribution in [3.8, 4) is 22.6 Å². The van der Waals surface area contributed by atoms with E-state index >= 15 is 0 Å². The van der Waals surface area contributed by atoms with E-state index in [0.29, 0.717) is 56.1 Å². The fourth-order valence-corrected chi connectivity index (χ4v) is 4.94. The van der Waals surface area contributed by atoms with Crippen LogP contribution in [0, 0.1) is 0 Å². The number of fused-ring (bicyclic) bond motifs is 2. The first-order valence-electron chi connectivity index (χ1n) is 11.3. The van der Waals surface area contributed by atoms with Crippen LogP contribution in [0.3, 0.4) is 0 Å². The first-order valence-corrected chi connectivity index (χ1v) is 13.2. The average Bonchev–Trinajstić information content (AvgIpc) is 3.61. The molecule has 0 aliphatic carbocycles. The van der Waals surface area contributed by atoms with Gasteiger partial charge in [-0.25, -0.2) is 23.4 Å². The molecule has 0 saturated carbocycles. The van der Waals surface area contributed by atoms with Crippen LogP contribution in [0.4, 0.5) is 5.69 Å². The van der Waals surface area contributed by atoms with Crippen LogP contribution in [0.2, 0.25) is 0 Å². The summed E-state index contributed by atoms with van der Waals surface area (Å²) in [6.45, 7) is 1.49. The van der Waals surface area contributed by atoms with Gasteiger partial charge in [0.25, 0.3) is 5.91 Å². The quantitative estimate of drug-likeness (QED) is 0.329. The minimum atomic E-state index is -3.44. The smallest absolute Gasteiger partial charge is 0.256 e. The SMILES string of the molecule is CS(=O)(=O)Nc1cncc(-c2cnc3[nH]nc(-c4nc5c(C(=O)N6CCCC6)ccnc5[nH]4)c3c2)c1. The van der Waals surface area contributed by atoms with Crippen molar-refractivity contribution in [3.63, 3.8) is 0 Å². The second-order valence-electron chi connectivity index (χ2n) is 8.67. The predicted molar refractivity (Wildman–Crippen MR) is 134 cm³/mol. The minimum Gasteiger partial charge on any atom is -0.339 e. The molecule has 1 saturated heterocycles. The lowest BCUT2D eigenvalue weighted by atomic mass is 10.1. The molecule has 0 radical (unpaired) electrons. The number of anilines is 1. The molecule has 13 heteroatoms. The van der Waals surface area contributed by atoms with Gasteiger partial charge in [0.2, 0.25) is 10.0 Å². The van der Waals surface area contributed by atoms with Crippen LogP contribution in [0.25, 0.3) is 44.8 Å². The summed E-state index contributed by atoms with van der Waals surface area (Å²) in [5.41, 5.74) is 4.31. The Bertz CT molecular complexity index is 1740. The Labute approximate surface area is 205 Å². The normalized spacial score (nSPS) is 14.1. The summed E-state index contributed by atoms with van der Waals surface area (Å²) in [6.07, 6.45) is 9.39. The number of likely N-dealkylation sites (tertiary alicyclic amines) is 1. The number of imidazole rings is 1. The third-order valence-electron chi connectivity index (χ3n) is 6.02. The van der Waals surface area contributed by atoms with E-state index in [1.54, 1.807) is 30.7 Å². The number of aromatic nitrogens is 7. The van der Waals surface area contributed by atoms with Gasteiger partial charge < -0.3 is 9.88 Å². The highest BCUT2D eigenvalue weighted by Crippen LogP contribution is 2.30. The minimum absolute atomic E-state index is 0.0520. The van der Waals surface area contributed by atoms with Crippen LogP contribution in [-0.4, -0.2) is 73.7 Å². The van der Waals surface area contributed by atoms with Gasteiger partial charge in [-0.05, 0) is 31.0 Å². The molecule has 0 spiro atoms. The van der Waals surface area contributed by atoms with Crippen molar-refractivity contribution in [3.05, 3.63) is 48.5 Å². The predicted octanol–water partition coefficient (Wildman–Crippen LogP) is 2.57. The van der Waals surface area contributed by atoms with Crippen molar-refractivity contribution in [2.24, 2.45) is 0 Å². The lowest BCUT2D eigenvalue weighted by molar-refractivity contribution is 0.0794. The molecule has 12 nitrogen and oxygen atoms in total. The zero-order valence-corrected chi connectivity index (χ0v) is 20.0. The summed E-state index contributed by atoms with van der Waals surface area (Å²) in [4.78, 5) is 35.7. The van der Waals surface area contributed by atoms with E-state index in [9.17, 15) is 13.2 Å². The summed E-state index contributed by atoms with van der Waals surface area (Å²) < 4.78 is 25.6. The third-order valence-corrected chi connectivity index (χ3v) is 6.63. The van der Waals surface area contributed by atoms with Crippen LogP contribution in [0.1, 0.15) is 23.2 Å². The number of sulfonamides is 1. The van der Waals surface area contributed by atoms with Gasteiger partial charge in [0.05, 0.1) is 29.1 Å². The molecular weight excluding hydrogens is 482 g/mol. The number of nitrogens with zero attached hydrogens (tertiary/aromatic N) is 6. The Morgan fingerprint density at radius 1 is 1.06 bits per heavy atom. The van der Waals surface area contributed by atoms with Gasteiger partial charge in [0, 0.05) is 42.8 Å².